The molecule has 0 spiro atoms. The number of nitrogens with one attached hydrogen (secondary N) is 1. The van der Waals surface area contributed by atoms with Crippen LogP contribution in [0.1, 0.15) is 63.8 Å². The molecule has 1 fully saturated rings. The zero-order chi connectivity index (χ0) is 27.5. The summed E-state index contributed by atoms with van der Waals surface area (Å²) in [5, 5.41) is 14.2. The zero-order valence-corrected chi connectivity index (χ0v) is 23.8. The number of carbonyl (C=O) groups is 1. The molecule has 4 rings (SSSR count). The summed E-state index contributed by atoms with van der Waals surface area (Å²) in [5.74, 6) is 0.411. The zero-order valence-electron chi connectivity index (χ0n) is 23.8. The van der Waals surface area contributed by atoms with Crippen LogP contribution in [0, 0.1) is 0 Å². The van der Waals surface area contributed by atoms with Gasteiger partial charge < -0.3 is 20.2 Å². The van der Waals surface area contributed by atoms with Crippen molar-refractivity contribution in [1.29, 1.82) is 0 Å². The summed E-state index contributed by atoms with van der Waals surface area (Å²) in [4.78, 5) is 17.4. The fourth-order valence-electron chi connectivity index (χ4n) is 5.12. The van der Waals surface area contributed by atoms with Crippen LogP contribution in [0.3, 0.4) is 0 Å². The highest BCUT2D eigenvalue weighted by Gasteiger charge is 2.27. The van der Waals surface area contributed by atoms with Gasteiger partial charge in [0, 0.05) is 37.6 Å². The summed E-state index contributed by atoms with van der Waals surface area (Å²) in [6, 6.07) is 22.7. The smallest absolute Gasteiger partial charge is 0.321 e. The van der Waals surface area contributed by atoms with Crippen LogP contribution < -0.4 is 10.2 Å². The van der Waals surface area contributed by atoms with Crippen LogP contribution in [0.5, 0.6) is 5.75 Å². The first-order chi connectivity index (χ1) is 17.9. The van der Waals surface area contributed by atoms with Gasteiger partial charge in [0.2, 0.25) is 0 Å². The molecule has 2 amide bonds. The maximum absolute atomic E-state index is 13.2. The molecule has 0 aliphatic carbocycles. The number of benzene rings is 3. The topological polar surface area (TPSA) is 55.8 Å². The van der Waals surface area contributed by atoms with Gasteiger partial charge >= 0.3 is 6.03 Å². The highest BCUT2D eigenvalue weighted by atomic mass is 16.3. The molecule has 5 heteroatoms. The van der Waals surface area contributed by atoms with Gasteiger partial charge in [0.05, 0.1) is 0 Å². The Kier molecular flexibility index (Phi) is 8.05. The van der Waals surface area contributed by atoms with Gasteiger partial charge in [-0.15, -0.1) is 0 Å². The molecule has 3 aromatic carbocycles. The van der Waals surface area contributed by atoms with Gasteiger partial charge in [0.25, 0.3) is 0 Å². The first kappa shape index (κ1) is 27.6. The van der Waals surface area contributed by atoms with Gasteiger partial charge in [-0.2, -0.15) is 0 Å². The number of aromatic hydroxyl groups is 1. The third kappa shape index (κ3) is 6.50. The highest BCUT2D eigenvalue weighted by Crippen LogP contribution is 2.40. The van der Waals surface area contributed by atoms with E-state index in [1.54, 1.807) is 0 Å². The third-order valence-corrected chi connectivity index (χ3v) is 7.42. The van der Waals surface area contributed by atoms with Crippen molar-refractivity contribution in [1.82, 2.24) is 4.90 Å². The van der Waals surface area contributed by atoms with Crippen molar-refractivity contribution in [3.8, 4) is 5.75 Å². The van der Waals surface area contributed by atoms with Crippen LogP contribution in [0.15, 0.2) is 66.7 Å². The second-order valence-corrected chi connectivity index (χ2v) is 12.4. The van der Waals surface area contributed by atoms with E-state index in [-0.39, 0.29) is 16.9 Å². The second-order valence-electron chi connectivity index (χ2n) is 12.4. The summed E-state index contributed by atoms with van der Waals surface area (Å²) in [5.41, 5.74) is 6.05. The van der Waals surface area contributed by atoms with Crippen molar-refractivity contribution in [2.24, 2.45) is 0 Å². The number of rotatable bonds is 5. The lowest BCUT2D eigenvalue weighted by Crippen LogP contribution is -2.50. The first-order valence-electron chi connectivity index (χ1n) is 13.7. The standard InChI is InChI=1S/C33H43N3O2/c1-32(2,3)27-22-24(23-28(30(27)37)33(4,5)6)16-17-25-12-10-11-15-29(25)34-31(38)36-20-18-35(19-21-36)26-13-8-7-9-14-26/h7-15,22-23,37H,16-21H2,1-6H3,(H,34,38). The van der Waals surface area contributed by atoms with Crippen LogP contribution in [0.4, 0.5) is 16.2 Å². The molecule has 0 saturated carbocycles. The van der Waals surface area contributed by atoms with Crippen LogP contribution in [-0.2, 0) is 23.7 Å². The fraction of sp³-hybridized carbons (Fsp3) is 0.424. The Labute approximate surface area is 228 Å². The van der Waals surface area contributed by atoms with E-state index in [0.29, 0.717) is 18.8 Å². The van der Waals surface area contributed by atoms with E-state index in [9.17, 15) is 9.90 Å². The number of nitrogens with zero attached hydrogens (tertiary/aromatic N) is 2. The van der Waals surface area contributed by atoms with Crippen molar-refractivity contribution in [3.63, 3.8) is 0 Å². The quantitative estimate of drug-likeness (QED) is 0.382. The number of hydrogen-bond donors (Lipinski definition) is 2. The number of piperazine rings is 1. The van der Waals surface area contributed by atoms with Gasteiger partial charge in [-0.3, -0.25) is 0 Å². The summed E-state index contributed by atoms with van der Waals surface area (Å²) in [7, 11) is 0. The number of para-hydroxylation sites is 2. The average molecular weight is 514 g/mol. The van der Waals surface area contributed by atoms with Crippen LogP contribution >= 0.6 is 0 Å². The van der Waals surface area contributed by atoms with Crippen molar-refractivity contribution in [2.75, 3.05) is 36.4 Å². The van der Waals surface area contributed by atoms with Crippen molar-refractivity contribution in [3.05, 3.63) is 89.0 Å². The number of aryl methyl sites for hydroxylation is 2. The Balaban J connectivity index is 1.45. The van der Waals surface area contributed by atoms with Gasteiger partial charge in [0.15, 0.2) is 0 Å². The number of phenolic OH excluding ortho intramolecular Hbond substituents is 1. The van der Waals surface area contributed by atoms with E-state index in [0.717, 1.165) is 48.3 Å². The molecule has 1 heterocycles. The summed E-state index contributed by atoms with van der Waals surface area (Å²) < 4.78 is 0. The molecule has 0 radical (unpaired) electrons. The monoisotopic (exact) mass is 513 g/mol. The Morgan fingerprint density at radius 2 is 1.34 bits per heavy atom. The van der Waals surface area contributed by atoms with Crippen molar-refractivity contribution >= 4 is 17.4 Å². The van der Waals surface area contributed by atoms with Gasteiger partial charge in [-0.05, 0) is 64.1 Å². The van der Waals surface area contributed by atoms with Crippen LogP contribution in [0.25, 0.3) is 0 Å². The lowest BCUT2D eigenvalue weighted by atomic mass is 9.78. The molecule has 0 bridgehead atoms. The van der Waals surface area contributed by atoms with Gasteiger partial charge in [-0.25, -0.2) is 4.79 Å². The summed E-state index contributed by atoms with van der Waals surface area (Å²) >= 11 is 0. The molecule has 2 N–H and O–H groups in total. The molecular weight excluding hydrogens is 470 g/mol. The molecule has 0 aromatic heterocycles. The van der Waals surface area contributed by atoms with E-state index in [1.165, 1.54) is 11.3 Å². The molecule has 5 nitrogen and oxygen atoms in total. The fourth-order valence-corrected chi connectivity index (χ4v) is 5.12. The molecule has 0 unspecified atom stereocenters. The number of hydrogen-bond acceptors (Lipinski definition) is 3. The third-order valence-electron chi connectivity index (χ3n) is 7.42. The lowest BCUT2D eigenvalue weighted by Gasteiger charge is -2.36. The Morgan fingerprint density at radius 1 is 0.789 bits per heavy atom. The SMILES string of the molecule is CC(C)(C)c1cc(CCc2ccccc2NC(=O)N2CCN(c3ccccc3)CC2)cc(C(C)(C)C)c1O. The van der Waals surface area contributed by atoms with Crippen molar-refractivity contribution in [2.45, 2.75) is 65.2 Å². The molecule has 1 aliphatic heterocycles. The minimum atomic E-state index is -0.156. The molecule has 1 aliphatic rings. The van der Waals surface area contributed by atoms with E-state index in [1.807, 2.05) is 29.2 Å². The number of anilines is 2. The van der Waals surface area contributed by atoms with E-state index < -0.39 is 0 Å². The van der Waals surface area contributed by atoms with Crippen LogP contribution in [0.2, 0.25) is 0 Å². The maximum Gasteiger partial charge on any atom is 0.321 e. The van der Waals surface area contributed by atoms with Gasteiger partial charge in [0.1, 0.15) is 5.75 Å². The largest absolute Gasteiger partial charge is 0.507 e. The molecule has 1 saturated heterocycles. The molecule has 202 valence electrons. The van der Waals surface area contributed by atoms with Gasteiger partial charge in [-0.1, -0.05) is 90.1 Å². The summed E-state index contributed by atoms with van der Waals surface area (Å²) in [6.45, 7) is 15.9. The molecule has 0 atom stereocenters. The van der Waals surface area contributed by atoms with Crippen molar-refractivity contribution < 1.29 is 9.90 Å². The number of carbonyl (C=O) groups excluding carboxylic acids is 1. The highest BCUT2D eigenvalue weighted by molar-refractivity contribution is 5.90. The Bertz CT molecular complexity index is 1210. The number of urea groups is 1. The average Bonchev–Trinajstić information content (AvgIpc) is 2.88. The normalized spacial score (nSPS) is 14.5. The van der Waals surface area contributed by atoms with E-state index in [2.05, 4.69) is 94.2 Å². The lowest BCUT2D eigenvalue weighted by molar-refractivity contribution is 0.208. The summed E-state index contributed by atoms with van der Waals surface area (Å²) in [6.07, 6.45) is 1.63. The predicted octanol–water partition coefficient (Wildman–Crippen LogP) is 7.13. The van der Waals surface area contributed by atoms with Crippen LogP contribution in [-0.4, -0.2) is 42.2 Å². The molecule has 38 heavy (non-hydrogen) atoms. The number of phenols is 1. The van der Waals surface area contributed by atoms with E-state index in [4.69, 9.17) is 0 Å². The predicted molar refractivity (Wildman–Crippen MR) is 159 cm³/mol. The molecular formula is C33H43N3O2. The maximum atomic E-state index is 13.2. The number of amides is 2. The Morgan fingerprint density at radius 3 is 1.92 bits per heavy atom. The molecule has 3 aromatic rings. The first-order valence-corrected chi connectivity index (χ1v) is 13.7. The minimum Gasteiger partial charge on any atom is -0.507 e. The minimum absolute atomic E-state index is 0.0418. The second kappa shape index (κ2) is 11.1. The Hall–Kier alpha value is -3.47. The van der Waals surface area contributed by atoms with E-state index >= 15 is 0 Å².